The zero-order chi connectivity index (χ0) is 22.8. The maximum absolute atomic E-state index is 13.5. The number of likely N-dealkylation sites (tertiary alicyclic amines) is 1. The highest BCUT2D eigenvalue weighted by molar-refractivity contribution is 5.94. The highest BCUT2D eigenvalue weighted by Gasteiger charge is 2.35. The maximum Gasteiger partial charge on any atom is 0.418 e. The van der Waals surface area contributed by atoms with Gasteiger partial charge in [0.1, 0.15) is 0 Å². The van der Waals surface area contributed by atoms with E-state index in [4.69, 9.17) is 0 Å². The fourth-order valence-electron chi connectivity index (χ4n) is 3.38. The van der Waals surface area contributed by atoms with Crippen LogP contribution in [0.3, 0.4) is 0 Å². The number of alkyl halides is 3. The molecule has 2 aromatic rings. The smallest absolute Gasteiger partial charge is 0.378 e. The minimum absolute atomic E-state index is 0.123. The molecular weight excluding hydrogens is 413 g/mol. The fraction of sp³-hybridized carbons (Fsp3) is 0.450. The molecule has 2 heterocycles. The molecule has 0 aliphatic carbocycles. The first-order chi connectivity index (χ1) is 14.5. The quantitative estimate of drug-likeness (QED) is 0.769. The van der Waals surface area contributed by atoms with E-state index in [0.29, 0.717) is 37.2 Å². The number of carbonyl (C=O) groups excluding carboxylic acids is 2. The summed E-state index contributed by atoms with van der Waals surface area (Å²) in [6, 6.07) is 3.07. The number of nitrogens with zero attached hydrogens (tertiary/aromatic N) is 4. The monoisotopic (exact) mass is 438 g/mol. The van der Waals surface area contributed by atoms with E-state index in [-0.39, 0.29) is 17.6 Å². The number of carbonyl (C=O) groups is 2. The normalized spacial score (nSPS) is 15.0. The van der Waals surface area contributed by atoms with Gasteiger partial charge in [-0.25, -0.2) is 4.79 Å². The van der Waals surface area contributed by atoms with Crippen LogP contribution in [0.25, 0.3) is 0 Å². The van der Waals surface area contributed by atoms with Gasteiger partial charge < -0.3 is 20.4 Å². The van der Waals surface area contributed by atoms with Crippen LogP contribution in [0, 0.1) is 0 Å². The Morgan fingerprint density at radius 1 is 1.19 bits per heavy atom. The van der Waals surface area contributed by atoms with Crippen molar-refractivity contribution in [2.75, 3.05) is 37.4 Å². The van der Waals surface area contributed by atoms with Gasteiger partial charge in [-0.1, -0.05) is 0 Å². The van der Waals surface area contributed by atoms with Crippen LogP contribution in [0.1, 0.15) is 28.8 Å². The molecule has 31 heavy (non-hydrogen) atoms. The van der Waals surface area contributed by atoms with Gasteiger partial charge in [-0.2, -0.15) is 18.3 Å². The van der Waals surface area contributed by atoms with Gasteiger partial charge in [0.2, 0.25) is 0 Å². The Bertz CT molecular complexity index is 949. The van der Waals surface area contributed by atoms with Crippen LogP contribution in [0.2, 0.25) is 0 Å². The highest BCUT2D eigenvalue weighted by atomic mass is 19.4. The van der Waals surface area contributed by atoms with Crippen LogP contribution < -0.4 is 15.5 Å². The molecule has 1 aliphatic rings. The Morgan fingerprint density at radius 3 is 2.42 bits per heavy atom. The zero-order valence-corrected chi connectivity index (χ0v) is 17.5. The number of amides is 3. The number of nitrogens with one attached hydrogen (secondary N) is 2. The number of benzene rings is 1. The van der Waals surface area contributed by atoms with E-state index >= 15 is 0 Å². The Kier molecular flexibility index (Phi) is 6.42. The van der Waals surface area contributed by atoms with E-state index < -0.39 is 17.8 Å². The lowest BCUT2D eigenvalue weighted by Gasteiger charge is -2.32. The van der Waals surface area contributed by atoms with Crippen molar-refractivity contribution in [1.29, 1.82) is 0 Å². The summed E-state index contributed by atoms with van der Waals surface area (Å²) in [7, 11) is 5.00. The average Bonchev–Trinajstić information content (AvgIpc) is 3.14. The number of hydrogen-bond donors (Lipinski definition) is 2. The summed E-state index contributed by atoms with van der Waals surface area (Å²) in [5.74, 6) is -0.244. The summed E-state index contributed by atoms with van der Waals surface area (Å²) < 4.78 is 41.9. The SMILES string of the molecule is CN(C)c1ccc(NC(=O)N2CCC(NC(=O)c3cnn(C)c3)CC2)c(C(F)(F)F)c1. The van der Waals surface area contributed by atoms with E-state index in [1.807, 2.05) is 0 Å². The second-order valence-corrected chi connectivity index (χ2v) is 7.69. The first-order valence-electron chi connectivity index (χ1n) is 9.78. The minimum atomic E-state index is -4.60. The molecule has 1 aromatic heterocycles. The zero-order valence-electron chi connectivity index (χ0n) is 17.5. The first-order valence-corrected chi connectivity index (χ1v) is 9.78. The van der Waals surface area contributed by atoms with Crippen LogP contribution in [0.5, 0.6) is 0 Å². The van der Waals surface area contributed by atoms with E-state index in [2.05, 4.69) is 15.7 Å². The van der Waals surface area contributed by atoms with Crippen LogP contribution >= 0.6 is 0 Å². The number of aryl methyl sites for hydroxylation is 1. The lowest BCUT2D eigenvalue weighted by molar-refractivity contribution is -0.136. The van der Waals surface area contributed by atoms with E-state index in [0.717, 1.165) is 6.07 Å². The van der Waals surface area contributed by atoms with Crippen molar-refractivity contribution in [2.45, 2.75) is 25.1 Å². The van der Waals surface area contributed by atoms with Crippen molar-refractivity contribution in [3.05, 3.63) is 41.7 Å². The number of urea groups is 1. The van der Waals surface area contributed by atoms with Crippen molar-refractivity contribution < 1.29 is 22.8 Å². The number of piperidine rings is 1. The van der Waals surface area contributed by atoms with Crippen molar-refractivity contribution >= 4 is 23.3 Å². The standard InChI is InChI=1S/C20H25F3N6O2/c1-27(2)15-4-5-17(16(10-15)20(21,22)23)26-19(31)29-8-6-14(7-9-29)25-18(30)13-11-24-28(3)12-13/h4-5,10-12,14H,6-9H2,1-3H3,(H,25,30)(H,26,31). The molecule has 0 bridgehead atoms. The second kappa shape index (κ2) is 8.86. The summed E-state index contributed by atoms with van der Waals surface area (Å²) in [5.41, 5.74) is -0.347. The molecule has 0 saturated carbocycles. The van der Waals surface area contributed by atoms with Crippen molar-refractivity contribution in [2.24, 2.45) is 7.05 Å². The van der Waals surface area contributed by atoms with Gasteiger partial charge in [-0.3, -0.25) is 9.48 Å². The molecule has 3 amide bonds. The Balaban J connectivity index is 1.59. The number of aromatic nitrogens is 2. The van der Waals surface area contributed by atoms with Gasteiger partial charge in [0.05, 0.1) is 23.0 Å². The number of rotatable bonds is 4. The molecule has 3 rings (SSSR count). The lowest BCUT2D eigenvalue weighted by Crippen LogP contribution is -2.47. The highest BCUT2D eigenvalue weighted by Crippen LogP contribution is 2.37. The van der Waals surface area contributed by atoms with Gasteiger partial charge in [0.15, 0.2) is 0 Å². The van der Waals surface area contributed by atoms with Crippen LogP contribution in [-0.4, -0.2) is 59.8 Å². The van der Waals surface area contributed by atoms with Crippen LogP contribution in [0.4, 0.5) is 29.3 Å². The van der Waals surface area contributed by atoms with Gasteiger partial charge in [0, 0.05) is 52.2 Å². The van der Waals surface area contributed by atoms with Crippen molar-refractivity contribution in [1.82, 2.24) is 20.0 Å². The molecule has 168 valence electrons. The van der Waals surface area contributed by atoms with Gasteiger partial charge in [0.25, 0.3) is 5.91 Å². The molecule has 8 nitrogen and oxygen atoms in total. The summed E-state index contributed by atoms with van der Waals surface area (Å²) in [5, 5.41) is 9.24. The molecule has 0 radical (unpaired) electrons. The van der Waals surface area contributed by atoms with Crippen molar-refractivity contribution in [3.63, 3.8) is 0 Å². The first kappa shape index (κ1) is 22.4. The molecule has 1 fully saturated rings. The molecular formula is C20H25F3N6O2. The van der Waals surface area contributed by atoms with Gasteiger partial charge in [-0.15, -0.1) is 0 Å². The lowest BCUT2D eigenvalue weighted by atomic mass is 10.0. The predicted molar refractivity (Wildman–Crippen MR) is 110 cm³/mol. The summed E-state index contributed by atoms with van der Waals surface area (Å²) in [6.07, 6.45) is -0.510. The molecule has 0 spiro atoms. The third kappa shape index (κ3) is 5.47. The number of halogens is 3. The Hall–Kier alpha value is -3.24. The van der Waals surface area contributed by atoms with Gasteiger partial charge >= 0.3 is 12.2 Å². The Morgan fingerprint density at radius 2 is 1.87 bits per heavy atom. The largest absolute Gasteiger partial charge is 0.418 e. The molecule has 2 N–H and O–H groups in total. The molecule has 1 aromatic carbocycles. The molecule has 0 unspecified atom stereocenters. The molecule has 0 atom stereocenters. The average molecular weight is 438 g/mol. The number of anilines is 2. The second-order valence-electron chi connectivity index (χ2n) is 7.69. The summed E-state index contributed by atoms with van der Waals surface area (Å²) >= 11 is 0. The van der Waals surface area contributed by atoms with E-state index in [1.54, 1.807) is 32.2 Å². The minimum Gasteiger partial charge on any atom is -0.378 e. The predicted octanol–water partition coefficient (Wildman–Crippen LogP) is 2.93. The summed E-state index contributed by atoms with van der Waals surface area (Å²) in [4.78, 5) is 27.8. The summed E-state index contributed by atoms with van der Waals surface area (Å²) in [6.45, 7) is 0.641. The molecule has 11 heteroatoms. The fourth-order valence-corrected chi connectivity index (χ4v) is 3.38. The molecule has 1 saturated heterocycles. The molecule has 1 aliphatic heterocycles. The van der Waals surface area contributed by atoms with Gasteiger partial charge in [-0.05, 0) is 31.0 Å². The van der Waals surface area contributed by atoms with Crippen LogP contribution in [-0.2, 0) is 13.2 Å². The van der Waals surface area contributed by atoms with Crippen molar-refractivity contribution in [3.8, 4) is 0 Å². The van der Waals surface area contributed by atoms with E-state index in [1.165, 1.54) is 27.9 Å². The topological polar surface area (TPSA) is 82.5 Å². The van der Waals surface area contributed by atoms with E-state index in [9.17, 15) is 22.8 Å². The maximum atomic E-state index is 13.5. The third-order valence-corrected chi connectivity index (χ3v) is 5.15. The van der Waals surface area contributed by atoms with Crippen LogP contribution in [0.15, 0.2) is 30.6 Å². The Labute approximate surface area is 178 Å². The third-order valence-electron chi connectivity index (χ3n) is 5.15. The number of hydrogen-bond acceptors (Lipinski definition) is 4.